The highest BCUT2D eigenvalue weighted by atomic mass is 32.2. The van der Waals surface area contributed by atoms with Gasteiger partial charge in [0.1, 0.15) is 0 Å². The number of nitrogens with one attached hydrogen (secondary N) is 1. The zero-order valence-electron chi connectivity index (χ0n) is 18.8. The molecule has 1 unspecified atom stereocenters. The van der Waals surface area contributed by atoms with Crippen molar-refractivity contribution < 1.29 is 13.2 Å². The highest BCUT2D eigenvalue weighted by Gasteiger charge is 2.26. The molecule has 1 heterocycles. The summed E-state index contributed by atoms with van der Waals surface area (Å²) in [6, 6.07) is 15.7. The Labute approximate surface area is 186 Å². The van der Waals surface area contributed by atoms with Crippen LogP contribution in [0.5, 0.6) is 0 Å². The molecule has 0 aliphatic carbocycles. The van der Waals surface area contributed by atoms with Crippen LogP contribution in [0.1, 0.15) is 49.5 Å². The van der Waals surface area contributed by atoms with Crippen molar-refractivity contribution in [3.63, 3.8) is 0 Å². The summed E-state index contributed by atoms with van der Waals surface area (Å²) < 4.78 is 25.7. The van der Waals surface area contributed by atoms with Gasteiger partial charge < -0.3 is 5.32 Å². The van der Waals surface area contributed by atoms with Crippen LogP contribution in [0.25, 0.3) is 0 Å². The average Bonchev–Trinajstić information content (AvgIpc) is 2.75. The van der Waals surface area contributed by atoms with Crippen LogP contribution in [0, 0.1) is 11.8 Å². The molecule has 0 aromatic heterocycles. The Bertz CT molecular complexity index is 965. The lowest BCUT2D eigenvalue weighted by molar-refractivity contribution is 0.0863. The molecule has 1 atom stereocenters. The van der Waals surface area contributed by atoms with Crippen LogP contribution in [0.3, 0.4) is 0 Å². The maximum Gasteiger partial charge on any atom is 0.251 e. The minimum Gasteiger partial charge on any atom is -0.350 e. The molecule has 0 bridgehead atoms. The Morgan fingerprint density at radius 1 is 1.06 bits per heavy atom. The number of rotatable bonds is 8. The monoisotopic (exact) mass is 442 g/mol. The van der Waals surface area contributed by atoms with Gasteiger partial charge in [0.2, 0.25) is 0 Å². The Morgan fingerprint density at radius 3 is 2.39 bits per heavy atom. The van der Waals surface area contributed by atoms with Crippen LogP contribution in [0.4, 0.5) is 0 Å². The van der Waals surface area contributed by atoms with E-state index >= 15 is 0 Å². The van der Waals surface area contributed by atoms with E-state index in [0.29, 0.717) is 18.0 Å². The summed E-state index contributed by atoms with van der Waals surface area (Å²) in [5, 5.41) is 3.04. The minimum atomic E-state index is -3.52. The van der Waals surface area contributed by atoms with Gasteiger partial charge in [-0.2, -0.15) is 0 Å². The van der Waals surface area contributed by atoms with Crippen LogP contribution < -0.4 is 5.32 Å². The summed E-state index contributed by atoms with van der Waals surface area (Å²) in [5.41, 5.74) is 1.11. The van der Waals surface area contributed by atoms with Gasteiger partial charge in [-0.1, -0.05) is 57.2 Å². The standard InChI is InChI=1S/C25H34N2O3S/c1-19(2)24(27-14-12-20(3)13-15-27)17-26-25(28)22-10-7-11-23(16-22)31(29,30)18-21-8-5-4-6-9-21/h4-11,16,19-20,24H,12-15,17-18H2,1-3H3,(H,26,28). The molecule has 1 aliphatic rings. The lowest BCUT2D eigenvalue weighted by atomic mass is 9.94. The van der Waals surface area contributed by atoms with Crippen molar-refractivity contribution in [2.45, 2.75) is 50.3 Å². The normalized spacial score (nSPS) is 16.9. The summed E-state index contributed by atoms with van der Waals surface area (Å²) >= 11 is 0. The maximum absolute atomic E-state index is 12.8. The van der Waals surface area contributed by atoms with Gasteiger partial charge in [-0.05, 0) is 61.5 Å². The maximum atomic E-state index is 12.8. The lowest BCUT2D eigenvalue weighted by Crippen LogP contribution is -2.49. The van der Waals surface area contributed by atoms with E-state index in [1.807, 2.05) is 18.2 Å². The van der Waals surface area contributed by atoms with Gasteiger partial charge in [-0.25, -0.2) is 8.42 Å². The second-order valence-corrected chi connectivity index (χ2v) is 11.0. The zero-order chi connectivity index (χ0) is 22.4. The van der Waals surface area contributed by atoms with Gasteiger partial charge >= 0.3 is 0 Å². The molecule has 0 saturated carbocycles. The molecule has 1 fully saturated rings. The Morgan fingerprint density at radius 2 is 1.74 bits per heavy atom. The number of sulfone groups is 1. The van der Waals surface area contributed by atoms with Gasteiger partial charge in [0.25, 0.3) is 5.91 Å². The van der Waals surface area contributed by atoms with Crippen LogP contribution in [-0.2, 0) is 15.6 Å². The van der Waals surface area contributed by atoms with Crippen molar-refractivity contribution in [2.75, 3.05) is 19.6 Å². The van der Waals surface area contributed by atoms with Crippen molar-refractivity contribution in [1.82, 2.24) is 10.2 Å². The number of nitrogens with zero attached hydrogens (tertiary/aromatic N) is 1. The highest BCUT2D eigenvalue weighted by Crippen LogP contribution is 2.21. The second-order valence-electron chi connectivity index (χ2n) is 9.01. The lowest BCUT2D eigenvalue weighted by Gasteiger charge is -2.38. The number of benzene rings is 2. The Hall–Kier alpha value is -2.18. The molecule has 0 radical (unpaired) electrons. The molecule has 1 amide bonds. The molecular formula is C25H34N2O3S. The van der Waals surface area contributed by atoms with Crippen LogP contribution in [-0.4, -0.2) is 44.9 Å². The number of carbonyl (C=O) groups is 1. The third kappa shape index (κ3) is 6.40. The number of piperidine rings is 1. The first kappa shape index (κ1) is 23.5. The van der Waals surface area contributed by atoms with E-state index < -0.39 is 9.84 Å². The first-order valence-electron chi connectivity index (χ1n) is 11.2. The molecular weight excluding hydrogens is 408 g/mol. The van der Waals surface area contributed by atoms with Gasteiger partial charge in [0.15, 0.2) is 9.84 Å². The van der Waals surface area contributed by atoms with Gasteiger partial charge in [0, 0.05) is 18.2 Å². The third-order valence-corrected chi connectivity index (χ3v) is 7.87. The van der Waals surface area contributed by atoms with Crippen molar-refractivity contribution in [3.05, 3.63) is 65.7 Å². The molecule has 5 nitrogen and oxygen atoms in total. The van der Waals surface area contributed by atoms with Crippen molar-refractivity contribution in [3.8, 4) is 0 Å². The molecule has 2 aromatic carbocycles. The molecule has 1 saturated heterocycles. The summed E-state index contributed by atoms with van der Waals surface area (Å²) in [6.45, 7) is 9.35. The molecule has 1 aliphatic heterocycles. The fourth-order valence-electron chi connectivity index (χ4n) is 4.15. The van der Waals surface area contributed by atoms with E-state index in [1.54, 1.807) is 30.3 Å². The second kappa shape index (κ2) is 10.4. The summed E-state index contributed by atoms with van der Waals surface area (Å²) in [5.74, 6) is 0.875. The molecule has 0 spiro atoms. The number of likely N-dealkylation sites (tertiary alicyclic amines) is 1. The highest BCUT2D eigenvalue weighted by molar-refractivity contribution is 7.90. The largest absolute Gasteiger partial charge is 0.350 e. The van der Waals surface area contributed by atoms with E-state index in [2.05, 4.69) is 31.0 Å². The predicted molar refractivity (Wildman–Crippen MR) is 125 cm³/mol. The van der Waals surface area contributed by atoms with Crippen LogP contribution >= 0.6 is 0 Å². The SMILES string of the molecule is CC1CCN(C(CNC(=O)c2cccc(S(=O)(=O)Cc3ccccc3)c2)C(C)C)CC1. The zero-order valence-corrected chi connectivity index (χ0v) is 19.6. The Balaban J connectivity index is 1.66. The van der Waals surface area contributed by atoms with Crippen molar-refractivity contribution in [2.24, 2.45) is 11.8 Å². The molecule has 31 heavy (non-hydrogen) atoms. The predicted octanol–water partition coefficient (Wildman–Crippen LogP) is 4.15. The van der Waals surface area contributed by atoms with Crippen LogP contribution in [0.15, 0.2) is 59.5 Å². The van der Waals surface area contributed by atoms with Gasteiger partial charge in [-0.3, -0.25) is 9.69 Å². The first-order valence-corrected chi connectivity index (χ1v) is 12.8. The molecule has 2 aromatic rings. The van der Waals surface area contributed by atoms with Gasteiger partial charge in [0.05, 0.1) is 10.6 Å². The quantitative estimate of drug-likeness (QED) is 0.667. The number of hydrogen-bond acceptors (Lipinski definition) is 4. The van der Waals surface area contributed by atoms with Gasteiger partial charge in [-0.15, -0.1) is 0 Å². The molecule has 6 heteroatoms. The fraction of sp³-hybridized carbons (Fsp3) is 0.480. The molecule has 3 rings (SSSR count). The minimum absolute atomic E-state index is 0.0816. The summed E-state index contributed by atoms with van der Waals surface area (Å²) in [6.07, 6.45) is 2.39. The number of hydrogen-bond donors (Lipinski definition) is 1. The first-order chi connectivity index (χ1) is 14.8. The molecule has 168 valence electrons. The van der Waals surface area contributed by atoms with E-state index in [4.69, 9.17) is 0 Å². The topological polar surface area (TPSA) is 66.5 Å². The third-order valence-electron chi connectivity index (χ3n) is 6.18. The average molecular weight is 443 g/mol. The van der Waals surface area contributed by atoms with Crippen LogP contribution in [0.2, 0.25) is 0 Å². The van der Waals surface area contributed by atoms with E-state index in [9.17, 15) is 13.2 Å². The van der Waals surface area contributed by atoms with Crippen molar-refractivity contribution >= 4 is 15.7 Å². The molecule has 1 N–H and O–H groups in total. The fourth-order valence-corrected chi connectivity index (χ4v) is 5.54. The van der Waals surface area contributed by atoms with E-state index in [0.717, 1.165) is 24.6 Å². The number of amides is 1. The number of carbonyl (C=O) groups excluding carboxylic acids is 1. The smallest absolute Gasteiger partial charge is 0.251 e. The van der Waals surface area contributed by atoms with E-state index in [1.165, 1.54) is 18.9 Å². The summed E-state index contributed by atoms with van der Waals surface area (Å²) in [7, 11) is -3.52. The van der Waals surface area contributed by atoms with Crippen molar-refractivity contribution in [1.29, 1.82) is 0 Å². The Kier molecular flexibility index (Phi) is 7.89. The van der Waals surface area contributed by atoms with E-state index in [-0.39, 0.29) is 22.6 Å². The summed E-state index contributed by atoms with van der Waals surface area (Å²) in [4.78, 5) is 15.5.